The van der Waals surface area contributed by atoms with Gasteiger partial charge in [0.1, 0.15) is 5.75 Å². The number of likely N-dealkylation sites (N-methyl/N-ethyl adjacent to an activating group) is 1. The third-order valence-electron chi connectivity index (χ3n) is 4.69. The largest absolute Gasteiger partial charge is 0.495 e. The van der Waals surface area contributed by atoms with E-state index in [4.69, 9.17) is 4.74 Å². The molecule has 0 saturated carbocycles. The number of methoxy groups -OCH3 is 1. The molecule has 0 aliphatic carbocycles. The minimum absolute atomic E-state index is 0.232. The molecule has 0 aromatic heterocycles. The monoisotopic (exact) mass is 375 g/mol. The van der Waals surface area contributed by atoms with Crippen molar-refractivity contribution in [2.24, 2.45) is 0 Å². The van der Waals surface area contributed by atoms with E-state index in [1.165, 1.54) is 0 Å². The van der Waals surface area contributed by atoms with E-state index in [0.29, 0.717) is 11.4 Å². The third-order valence-corrected chi connectivity index (χ3v) is 6.06. The second-order valence-corrected chi connectivity index (χ2v) is 8.23. The van der Waals surface area contributed by atoms with Crippen LogP contribution in [0.25, 0.3) is 0 Å². The Morgan fingerprint density at radius 1 is 1.04 bits per heavy atom. The van der Waals surface area contributed by atoms with Gasteiger partial charge in [-0.15, -0.1) is 0 Å². The van der Waals surface area contributed by atoms with E-state index in [-0.39, 0.29) is 4.90 Å². The van der Waals surface area contributed by atoms with E-state index in [0.717, 1.165) is 37.4 Å². The van der Waals surface area contributed by atoms with Gasteiger partial charge in [-0.1, -0.05) is 18.2 Å². The van der Waals surface area contributed by atoms with Crippen LogP contribution in [0, 0.1) is 6.92 Å². The number of nitrogens with one attached hydrogen (secondary N) is 1. The summed E-state index contributed by atoms with van der Waals surface area (Å²) in [6.07, 6.45) is 0. The molecule has 26 heavy (non-hydrogen) atoms. The summed E-state index contributed by atoms with van der Waals surface area (Å²) in [5, 5.41) is 0. The summed E-state index contributed by atoms with van der Waals surface area (Å²) in [4.78, 5) is 4.66. The van der Waals surface area contributed by atoms with Crippen LogP contribution in [0.15, 0.2) is 47.4 Å². The van der Waals surface area contributed by atoms with Crippen molar-refractivity contribution < 1.29 is 13.2 Å². The standard InChI is InChI=1S/C19H25N3O3S/c1-15-6-4-5-7-17(15)20-26(23,24)16-8-9-19(25-3)18(14-16)22-12-10-21(2)11-13-22/h4-9,14,20H,10-13H2,1-3H3. The van der Waals surface area contributed by atoms with Crippen LogP contribution < -0.4 is 14.4 Å². The van der Waals surface area contributed by atoms with Gasteiger partial charge in [0.25, 0.3) is 10.0 Å². The van der Waals surface area contributed by atoms with Gasteiger partial charge in [0, 0.05) is 26.2 Å². The minimum atomic E-state index is -3.68. The quantitative estimate of drug-likeness (QED) is 0.870. The molecular weight excluding hydrogens is 350 g/mol. The SMILES string of the molecule is COc1ccc(S(=O)(=O)Nc2ccccc2C)cc1N1CCN(C)CC1. The molecule has 6 nitrogen and oxygen atoms in total. The highest BCUT2D eigenvalue weighted by molar-refractivity contribution is 7.92. The second kappa shape index (κ2) is 7.55. The molecule has 1 N–H and O–H groups in total. The molecule has 2 aromatic rings. The zero-order valence-electron chi connectivity index (χ0n) is 15.4. The fourth-order valence-electron chi connectivity index (χ4n) is 3.02. The molecule has 1 heterocycles. The third kappa shape index (κ3) is 3.94. The van der Waals surface area contributed by atoms with Gasteiger partial charge in [0.05, 0.1) is 23.4 Å². The number of nitrogens with zero attached hydrogens (tertiary/aromatic N) is 2. The molecular formula is C19H25N3O3S. The van der Waals surface area contributed by atoms with Gasteiger partial charge in [-0.05, 0) is 43.8 Å². The molecule has 0 spiro atoms. The summed E-state index contributed by atoms with van der Waals surface area (Å²) < 4.78 is 33.9. The lowest BCUT2D eigenvalue weighted by atomic mass is 10.2. The van der Waals surface area contributed by atoms with Crippen LogP contribution in [0.3, 0.4) is 0 Å². The van der Waals surface area contributed by atoms with E-state index < -0.39 is 10.0 Å². The van der Waals surface area contributed by atoms with Crippen molar-refractivity contribution in [3.05, 3.63) is 48.0 Å². The second-order valence-electron chi connectivity index (χ2n) is 6.54. The van der Waals surface area contributed by atoms with Crippen molar-refractivity contribution in [3.8, 4) is 5.75 Å². The number of piperazine rings is 1. The molecule has 2 aromatic carbocycles. The van der Waals surface area contributed by atoms with Crippen LogP contribution in [0.5, 0.6) is 5.75 Å². The van der Waals surface area contributed by atoms with E-state index in [9.17, 15) is 8.42 Å². The molecule has 0 bridgehead atoms. The van der Waals surface area contributed by atoms with Crippen molar-refractivity contribution in [1.29, 1.82) is 0 Å². The molecule has 140 valence electrons. The normalized spacial score (nSPS) is 15.7. The Bertz CT molecular complexity index is 875. The highest BCUT2D eigenvalue weighted by atomic mass is 32.2. The smallest absolute Gasteiger partial charge is 0.261 e. The summed E-state index contributed by atoms with van der Waals surface area (Å²) in [6, 6.07) is 12.3. The number of sulfonamides is 1. The van der Waals surface area contributed by atoms with Crippen LogP contribution in [0.1, 0.15) is 5.56 Å². The first-order chi connectivity index (χ1) is 12.4. The number of ether oxygens (including phenoxy) is 1. The number of rotatable bonds is 5. The molecule has 7 heteroatoms. The van der Waals surface area contributed by atoms with Gasteiger partial charge >= 0.3 is 0 Å². The number of aryl methyl sites for hydroxylation is 1. The average molecular weight is 375 g/mol. The molecule has 0 unspecified atom stereocenters. The molecule has 3 rings (SSSR count). The lowest BCUT2D eigenvalue weighted by molar-refractivity contribution is 0.311. The highest BCUT2D eigenvalue weighted by Crippen LogP contribution is 2.32. The first-order valence-corrected chi connectivity index (χ1v) is 10.1. The summed E-state index contributed by atoms with van der Waals surface area (Å²) in [7, 11) is 0.0153. The molecule has 1 saturated heterocycles. The van der Waals surface area contributed by atoms with Crippen molar-refractivity contribution >= 4 is 21.4 Å². The van der Waals surface area contributed by atoms with Crippen LogP contribution in [0.4, 0.5) is 11.4 Å². The van der Waals surface area contributed by atoms with Crippen LogP contribution in [-0.4, -0.2) is 53.7 Å². The number of para-hydroxylation sites is 1. The first-order valence-electron chi connectivity index (χ1n) is 8.61. The van der Waals surface area contributed by atoms with Gasteiger partial charge in [0.2, 0.25) is 0 Å². The summed E-state index contributed by atoms with van der Waals surface area (Å²) in [5.74, 6) is 0.685. The van der Waals surface area contributed by atoms with Crippen LogP contribution in [0.2, 0.25) is 0 Å². The van der Waals surface area contributed by atoms with E-state index >= 15 is 0 Å². The van der Waals surface area contributed by atoms with Crippen molar-refractivity contribution in [1.82, 2.24) is 4.90 Å². The molecule has 1 fully saturated rings. The fraction of sp³-hybridized carbons (Fsp3) is 0.368. The maximum absolute atomic E-state index is 12.9. The Balaban J connectivity index is 1.92. The van der Waals surface area contributed by atoms with Crippen molar-refractivity contribution in [2.45, 2.75) is 11.8 Å². The maximum atomic E-state index is 12.9. The van der Waals surface area contributed by atoms with E-state index in [2.05, 4.69) is 21.6 Å². The van der Waals surface area contributed by atoms with Gasteiger partial charge in [0.15, 0.2) is 0 Å². The number of hydrogen-bond donors (Lipinski definition) is 1. The van der Waals surface area contributed by atoms with Gasteiger partial charge in [-0.3, -0.25) is 4.72 Å². The van der Waals surface area contributed by atoms with E-state index in [1.54, 1.807) is 31.4 Å². The highest BCUT2D eigenvalue weighted by Gasteiger charge is 2.22. The Morgan fingerprint density at radius 3 is 2.38 bits per heavy atom. The minimum Gasteiger partial charge on any atom is -0.495 e. The fourth-order valence-corrected chi connectivity index (χ4v) is 4.17. The lowest BCUT2D eigenvalue weighted by Crippen LogP contribution is -2.44. The van der Waals surface area contributed by atoms with Crippen LogP contribution >= 0.6 is 0 Å². The van der Waals surface area contributed by atoms with Crippen molar-refractivity contribution in [3.63, 3.8) is 0 Å². The zero-order chi connectivity index (χ0) is 18.7. The molecule has 1 aliphatic rings. The van der Waals surface area contributed by atoms with Crippen LogP contribution in [-0.2, 0) is 10.0 Å². The maximum Gasteiger partial charge on any atom is 0.261 e. The topological polar surface area (TPSA) is 61.9 Å². The van der Waals surface area contributed by atoms with Crippen molar-refractivity contribution in [2.75, 3.05) is 50.0 Å². The Morgan fingerprint density at radius 2 is 1.73 bits per heavy atom. The van der Waals surface area contributed by atoms with Gasteiger partial charge in [-0.2, -0.15) is 0 Å². The average Bonchev–Trinajstić information content (AvgIpc) is 2.63. The first kappa shape index (κ1) is 18.5. The Kier molecular flexibility index (Phi) is 5.38. The number of benzene rings is 2. The molecule has 0 atom stereocenters. The van der Waals surface area contributed by atoms with Gasteiger partial charge < -0.3 is 14.5 Å². The number of hydrogen-bond acceptors (Lipinski definition) is 5. The summed E-state index contributed by atoms with van der Waals surface area (Å²) >= 11 is 0. The number of anilines is 2. The zero-order valence-corrected chi connectivity index (χ0v) is 16.2. The Hall–Kier alpha value is -2.25. The molecule has 1 aliphatic heterocycles. The Labute approximate surface area is 155 Å². The predicted molar refractivity (Wildman–Crippen MR) is 105 cm³/mol. The lowest BCUT2D eigenvalue weighted by Gasteiger charge is -2.34. The van der Waals surface area contributed by atoms with E-state index in [1.807, 2.05) is 25.1 Å². The summed E-state index contributed by atoms with van der Waals surface area (Å²) in [5.41, 5.74) is 2.28. The predicted octanol–water partition coefficient (Wildman–Crippen LogP) is 2.56. The molecule has 0 radical (unpaired) electrons. The summed E-state index contributed by atoms with van der Waals surface area (Å²) in [6.45, 7) is 5.41. The molecule has 0 amide bonds. The van der Waals surface area contributed by atoms with Gasteiger partial charge in [-0.25, -0.2) is 8.42 Å².